The number of hydrogen-bond acceptors (Lipinski definition) is 2. The Balaban J connectivity index is 2.00. The molecule has 0 amide bonds. The van der Waals surface area contributed by atoms with Gasteiger partial charge in [0, 0.05) is 6.54 Å². The van der Waals surface area contributed by atoms with Crippen molar-refractivity contribution in [2.75, 3.05) is 33.2 Å². The molecule has 1 aliphatic heterocycles. The molecule has 0 bridgehead atoms. The van der Waals surface area contributed by atoms with Gasteiger partial charge in [-0.2, -0.15) is 0 Å². The van der Waals surface area contributed by atoms with Crippen LogP contribution in [-0.4, -0.2) is 38.1 Å². The standard InChI is InChI=1S/C11H22N2/c1-12-8-4-2-5-9-13-10-6-3-7-11-13/h2,5,12H,3-4,6-11H2,1H3/b5-2-. The highest BCUT2D eigenvalue weighted by Gasteiger charge is 2.06. The van der Waals surface area contributed by atoms with Crippen molar-refractivity contribution < 1.29 is 0 Å². The molecule has 1 rings (SSSR count). The van der Waals surface area contributed by atoms with Crippen LogP contribution in [0.25, 0.3) is 0 Å². The number of nitrogens with zero attached hydrogens (tertiary/aromatic N) is 1. The van der Waals surface area contributed by atoms with Gasteiger partial charge in [0.25, 0.3) is 0 Å². The maximum atomic E-state index is 3.14. The molecule has 2 heteroatoms. The van der Waals surface area contributed by atoms with Crippen molar-refractivity contribution in [3.05, 3.63) is 12.2 Å². The fourth-order valence-electron chi connectivity index (χ4n) is 1.71. The van der Waals surface area contributed by atoms with Crippen LogP contribution in [0.4, 0.5) is 0 Å². The van der Waals surface area contributed by atoms with Crippen molar-refractivity contribution in [3.8, 4) is 0 Å². The van der Waals surface area contributed by atoms with Crippen molar-refractivity contribution >= 4 is 0 Å². The molecule has 0 aromatic heterocycles. The van der Waals surface area contributed by atoms with Crippen LogP contribution in [-0.2, 0) is 0 Å². The second kappa shape index (κ2) is 7.10. The SMILES string of the molecule is CNCC/C=C\CN1CCCCC1. The summed E-state index contributed by atoms with van der Waals surface area (Å²) in [5.41, 5.74) is 0. The van der Waals surface area contributed by atoms with Crippen LogP contribution in [0.3, 0.4) is 0 Å². The van der Waals surface area contributed by atoms with E-state index in [-0.39, 0.29) is 0 Å². The molecule has 0 saturated carbocycles. The molecule has 1 saturated heterocycles. The van der Waals surface area contributed by atoms with E-state index in [0.29, 0.717) is 0 Å². The molecule has 1 N–H and O–H groups in total. The summed E-state index contributed by atoms with van der Waals surface area (Å²) in [6.07, 6.45) is 9.97. The van der Waals surface area contributed by atoms with Crippen molar-refractivity contribution in [1.29, 1.82) is 0 Å². The lowest BCUT2D eigenvalue weighted by atomic mass is 10.1. The van der Waals surface area contributed by atoms with Crippen LogP contribution in [0, 0.1) is 0 Å². The second-order valence-corrected chi connectivity index (χ2v) is 3.72. The zero-order valence-electron chi connectivity index (χ0n) is 8.76. The Hall–Kier alpha value is -0.340. The zero-order chi connectivity index (χ0) is 9.36. The lowest BCUT2D eigenvalue weighted by molar-refractivity contribution is 0.251. The van der Waals surface area contributed by atoms with Gasteiger partial charge in [-0.25, -0.2) is 0 Å². The predicted molar refractivity (Wildman–Crippen MR) is 58.0 cm³/mol. The van der Waals surface area contributed by atoms with Gasteiger partial charge in [-0.15, -0.1) is 0 Å². The maximum absolute atomic E-state index is 3.14. The summed E-state index contributed by atoms with van der Waals surface area (Å²) in [5.74, 6) is 0. The minimum Gasteiger partial charge on any atom is -0.319 e. The maximum Gasteiger partial charge on any atom is 0.0163 e. The van der Waals surface area contributed by atoms with E-state index >= 15 is 0 Å². The first-order valence-electron chi connectivity index (χ1n) is 5.45. The Kier molecular flexibility index (Phi) is 5.87. The van der Waals surface area contributed by atoms with E-state index in [9.17, 15) is 0 Å². The predicted octanol–water partition coefficient (Wildman–Crippen LogP) is 1.64. The van der Waals surface area contributed by atoms with Crippen molar-refractivity contribution in [2.24, 2.45) is 0 Å². The van der Waals surface area contributed by atoms with Gasteiger partial charge >= 0.3 is 0 Å². The monoisotopic (exact) mass is 182 g/mol. The van der Waals surface area contributed by atoms with Crippen molar-refractivity contribution in [3.63, 3.8) is 0 Å². The largest absolute Gasteiger partial charge is 0.319 e. The summed E-state index contributed by atoms with van der Waals surface area (Å²) in [6.45, 7) is 4.85. The van der Waals surface area contributed by atoms with E-state index in [1.54, 1.807) is 0 Å². The summed E-state index contributed by atoms with van der Waals surface area (Å²) in [4.78, 5) is 2.54. The van der Waals surface area contributed by atoms with Gasteiger partial charge in [0.2, 0.25) is 0 Å². The van der Waals surface area contributed by atoms with Crippen LogP contribution in [0.5, 0.6) is 0 Å². The van der Waals surface area contributed by atoms with E-state index in [1.807, 2.05) is 7.05 Å². The highest BCUT2D eigenvalue weighted by molar-refractivity contribution is 4.85. The molecule has 0 atom stereocenters. The Morgan fingerprint density at radius 1 is 1.15 bits per heavy atom. The normalized spacial score (nSPS) is 19.8. The average molecular weight is 182 g/mol. The molecule has 13 heavy (non-hydrogen) atoms. The van der Waals surface area contributed by atoms with Crippen LogP contribution in [0.1, 0.15) is 25.7 Å². The number of nitrogens with one attached hydrogen (secondary N) is 1. The van der Waals surface area contributed by atoms with Crippen LogP contribution in [0.2, 0.25) is 0 Å². The minimum absolute atomic E-state index is 1.09. The third-order valence-electron chi connectivity index (χ3n) is 2.54. The molecular weight excluding hydrogens is 160 g/mol. The zero-order valence-corrected chi connectivity index (χ0v) is 8.76. The van der Waals surface area contributed by atoms with Crippen molar-refractivity contribution in [1.82, 2.24) is 10.2 Å². The number of rotatable bonds is 5. The van der Waals surface area contributed by atoms with Crippen LogP contribution >= 0.6 is 0 Å². The van der Waals surface area contributed by atoms with Gasteiger partial charge in [0.1, 0.15) is 0 Å². The van der Waals surface area contributed by atoms with Crippen molar-refractivity contribution in [2.45, 2.75) is 25.7 Å². The molecule has 76 valence electrons. The van der Waals surface area contributed by atoms with E-state index in [0.717, 1.165) is 19.5 Å². The Morgan fingerprint density at radius 2 is 1.92 bits per heavy atom. The third-order valence-corrected chi connectivity index (χ3v) is 2.54. The number of hydrogen-bond donors (Lipinski definition) is 1. The molecule has 1 heterocycles. The fraction of sp³-hybridized carbons (Fsp3) is 0.818. The molecule has 0 radical (unpaired) electrons. The molecular formula is C11H22N2. The summed E-state index contributed by atoms with van der Waals surface area (Å²) < 4.78 is 0. The van der Waals surface area contributed by atoms with Crippen LogP contribution in [0.15, 0.2) is 12.2 Å². The summed E-state index contributed by atoms with van der Waals surface area (Å²) >= 11 is 0. The number of likely N-dealkylation sites (tertiary alicyclic amines) is 1. The van der Waals surface area contributed by atoms with E-state index < -0.39 is 0 Å². The molecule has 0 aromatic carbocycles. The van der Waals surface area contributed by atoms with E-state index in [2.05, 4.69) is 22.4 Å². The first kappa shape index (κ1) is 10.7. The smallest absolute Gasteiger partial charge is 0.0163 e. The lowest BCUT2D eigenvalue weighted by Gasteiger charge is -2.24. The lowest BCUT2D eigenvalue weighted by Crippen LogP contribution is -2.29. The number of piperidine rings is 1. The molecule has 1 fully saturated rings. The van der Waals surface area contributed by atoms with Gasteiger partial charge < -0.3 is 5.32 Å². The fourth-order valence-corrected chi connectivity index (χ4v) is 1.71. The van der Waals surface area contributed by atoms with Gasteiger partial charge in [0.15, 0.2) is 0 Å². The molecule has 0 aromatic rings. The quantitative estimate of drug-likeness (QED) is 0.513. The van der Waals surface area contributed by atoms with Gasteiger partial charge in [-0.1, -0.05) is 18.6 Å². The highest BCUT2D eigenvalue weighted by Crippen LogP contribution is 2.07. The van der Waals surface area contributed by atoms with E-state index in [1.165, 1.54) is 32.4 Å². The Morgan fingerprint density at radius 3 is 2.62 bits per heavy atom. The second-order valence-electron chi connectivity index (χ2n) is 3.72. The van der Waals surface area contributed by atoms with E-state index in [4.69, 9.17) is 0 Å². The molecule has 0 aliphatic carbocycles. The Labute approximate surface area is 82.0 Å². The Bertz CT molecular complexity index is 137. The molecule has 0 spiro atoms. The first-order valence-corrected chi connectivity index (χ1v) is 5.45. The molecule has 2 nitrogen and oxygen atoms in total. The average Bonchev–Trinajstić information content (AvgIpc) is 2.19. The summed E-state index contributed by atoms with van der Waals surface area (Å²) in [5, 5.41) is 3.14. The van der Waals surface area contributed by atoms with Gasteiger partial charge in [0.05, 0.1) is 0 Å². The minimum atomic E-state index is 1.09. The van der Waals surface area contributed by atoms with Gasteiger partial charge in [-0.3, -0.25) is 4.90 Å². The summed E-state index contributed by atoms with van der Waals surface area (Å²) in [7, 11) is 2.00. The molecule has 0 unspecified atom stereocenters. The van der Waals surface area contributed by atoms with Gasteiger partial charge in [-0.05, 0) is 45.9 Å². The molecule has 1 aliphatic rings. The van der Waals surface area contributed by atoms with Crippen LogP contribution < -0.4 is 5.32 Å². The third kappa shape index (κ3) is 5.06. The first-order chi connectivity index (χ1) is 6.43. The highest BCUT2D eigenvalue weighted by atomic mass is 15.1. The topological polar surface area (TPSA) is 15.3 Å². The summed E-state index contributed by atoms with van der Waals surface area (Å²) in [6, 6.07) is 0.